The molecule has 0 aliphatic heterocycles. The molecule has 0 atom stereocenters. The molecule has 1 aliphatic rings. The van der Waals surface area contributed by atoms with Gasteiger partial charge in [-0.2, -0.15) is 18.3 Å². The van der Waals surface area contributed by atoms with Gasteiger partial charge in [0.2, 0.25) is 0 Å². The van der Waals surface area contributed by atoms with Crippen LogP contribution in [0.4, 0.5) is 18.0 Å². The summed E-state index contributed by atoms with van der Waals surface area (Å²) in [5, 5.41) is 4.03. The highest BCUT2D eigenvalue weighted by atomic mass is 32.1. The van der Waals surface area contributed by atoms with Crippen molar-refractivity contribution in [2.24, 2.45) is 5.10 Å². The molecule has 2 aromatic rings. The van der Waals surface area contributed by atoms with Crippen LogP contribution in [0.5, 0.6) is 0 Å². The van der Waals surface area contributed by atoms with Crippen molar-refractivity contribution in [1.82, 2.24) is 14.6 Å². The molecule has 0 aromatic carbocycles. The molecular weight excluding hydrogens is 461 g/mol. The van der Waals surface area contributed by atoms with Crippen molar-refractivity contribution in [3.05, 3.63) is 31.3 Å². The van der Waals surface area contributed by atoms with E-state index in [9.17, 15) is 27.6 Å². The molecule has 33 heavy (non-hydrogen) atoms. The molecule has 0 spiro atoms. The number of alkyl halides is 3. The van der Waals surface area contributed by atoms with Crippen LogP contribution < -0.4 is 16.7 Å². The Kier molecular flexibility index (Phi) is 7.06. The van der Waals surface area contributed by atoms with Crippen LogP contribution in [0.25, 0.3) is 10.2 Å². The molecule has 1 fully saturated rings. The van der Waals surface area contributed by atoms with Crippen LogP contribution in [0.1, 0.15) is 69.4 Å². The molecule has 1 saturated carbocycles. The van der Waals surface area contributed by atoms with E-state index >= 15 is 0 Å². The summed E-state index contributed by atoms with van der Waals surface area (Å²) in [6.45, 7) is 6.15. The van der Waals surface area contributed by atoms with Gasteiger partial charge in [-0.15, -0.1) is 11.3 Å². The average Bonchev–Trinajstić information content (AvgIpc) is 3.28. The molecule has 2 aromatic heterocycles. The van der Waals surface area contributed by atoms with Crippen molar-refractivity contribution in [2.75, 3.05) is 0 Å². The van der Waals surface area contributed by atoms with E-state index in [-0.39, 0.29) is 16.3 Å². The van der Waals surface area contributed by atoms with E-state index in [1.54, 1.807) is 27.7 Å². The zero-order valence-corrected chi connectivity index (χ0v) is 19.7. The summed E-state index contributed by atoms with van der Waals surface area (Å²) in [5.41, 5.74) is 0.765. The Balaban J connectivity index is 2.06. The topological polar surface area (TPSA) is 94.7 Å². The number of nitrogens with zero attached hydrogens (tertiary/aromatic N) is 3. The number of rotatable bonds is 5. The number of hydrogen-bond acceptors (Lipinski definition) is 6. The molecule has 1 amide bonds. The summed E-state index contributed by atoms with van der Waals surface area (Å²) in [5.74, 6) is 0. The highest BCUT2D eigenvalue weighted by molar-refractivity contribution is 7.20. The summed E-state index contributed by atoms with van der Waals surface area (Å²) < 4.78 is 46.1. The number of thiophene rings is 1. The minimum Gasteiger partial charge on any atom is -0.443 e. The normalized spacial score (nSPS) is 15.6. The maximum atomic E-state index is 13.3. The van der Waals surface area contributed by atoms with E-state index in [2.05, 4.69) is 10.5 Å². The van der Waals surface area contributed by atoms with Crippen LogP contribution in [0.2, 0.25) is 0 Å². The van der Waals surface area contributed by atoms with Crippen molar-refractivity contribution in [3.8, 4) is 0 Å². The molecule has 1 N–H and O–H groups in total. The number of halogens is 3. The predicted molar refractivity (Wildman–Crippen MR) is 120 cm³/mol. The number of hydrogen-bond donors (Lipinski definition) is 1. The number of aryl methyl sites for hydroxylation is 2. The Morgan fingerprint density at radius 3 is 2.45 bits per heavy atom. The van der Waals surface area contributed by atoms with Gasteiger partial charge in [0.25, 0.3) is 5.56 Å². The Hall–Kier alpha value is -2.63. The van der Waals surface area contributed by atoms with Crippen molar-refractivity contribution in [2.45, 2.75) is 84.2 Å². The number of aromatic nitrogens is 2. The zero-order valence-electron chi connectivity index (χ0n) is 18.9. The van der Waals surface area contributed by atoms with E-state index < -0.39 is 42.1 Å². The lowest BCUT2D eigenvalue weighted by atomic mass is 10.2. The quantitative estimate of drug-likeness (QED) is 0.497. The van der Waals surface area contributed by atoms with E-state index in [0.717, 1.165) is 33.3 Å². The molecule has 0 saturated heterocycles. The number of amides is 1. The first-order chi connectivity index (χ1) is 15.3. The minimum atomic E-state index is -4.45. The third kappa shape index (κ3) is 5.84. The Morgan fingerprint density at radius 2 is 1.88 bits per heavy atom. The summed E-state index contributed by atoms with van der Waals surface area (Å²) in [7, 11) is 0. The average molecular weight is 489 g/mol. The maximum absolute atomic E-state index is 13.3. The first kappa shape index (κ1) is 25.0. The molecule has 2 heterocycles. The lowest BCUT2D eigenvalue weighted by molar-refractivity contribution is -0.136. The van der Waals surface area contributed by atoms with Crippen LogP contribution >= 0.6 is 11.3 Å². The van der Waals surface area contributed by atoms with Crippen LogP contribution in [0.15, 0.2) is 14.7 Å². The fourth-order valence-corrected chi connectivity index (χ4v) is 5.06. The number of carbonyl (C=O) groups excluding carboxylic acids is 1. The van der Waals surface area contributed by atoms with Gasteiger partial charge < -0.3 is 4.74 Å². The van der Waals surface area contributed by atoms with E-state index in [0.29, 0.717) is 23.3 Å². The molecule has 0 bridgehead atoms. The SMILES string of the molecule is Cc1c(/C=N/NC(=O)OC(C)(C)C)sc2c1c(=O)n(C1CCCC1)c(=O)n2CCC(F)(F)F. The monoisotopic (exact) mass is 488 g/mol. The molecule has 182 valence electrons. The lowest BCUT2D eigenvalue weighted by Crippen LogP contribution is -2.42. The summed E-state index contributed by atoms with van der Waals surface area (Å²) in [6, 6.07) is -0.322. The van der Waals surface area contributed by atoms with Gasteiger partial charge in [0, 0.05) is 12.6 Å². The van der Waals surface area contributed by atoms with Crippen LogP contribution in [-0.4, -0.2) is 33.2 Å². The van der Waals surface area contributed by atoms with Gasteiger partial charge in [-0.05, 0) is 46.1 Å². The molecule has 0 unspecified atom stereocenters. The van der Waals surface area contributed by atoms with Crippen LogP contribution in [0.3, 0.4) is 0 Å². The standard InChI is InChI=1S/C21H27F3N4O4S/c1-12-14(11-25-26-18(30)32-20(2,3)4)33-17-15(12)16(29)28(13-7-5-6-8-13)19(31)27(17)10-9-21(22,23)24/h11,13H,5-10H2,1-4H3,(H,26,30)/b25-11+. The largest absolute Gasteiger partial charge is 0.443 e. The number of hydrazone groups is 1. The molecule has 12 heteroatoms. The van der Waals surface area contributed by atoms with Crippen LogP contribution in [0, 0.1) is 6.92 Å². The lowest BCUT2D eigenvalue weighted by Gasteiger charge is -2.18. The molecule has 8 nitrogen and oxygen atoms in total. The fraction of sp³-hybridized carbons (Fsp3) is 0.619. The molecular formula is C21H27F3N4O4S. The Bertz CT molecular complexity index is 1180. The second-order valence-corrected chi connectivity index (χ2v) is 10.1. The molecule has 0 radical (unpaired) electrons. The van der Waals surface area contributed by atoms with Crippen molar-refractivity contribution in [1.29, 1.82) is 0 Å². The van der Waals surface area contributed by atoms with Gasteiger partial charge in [-0.1, -0.05) is 12.8 Å². The third-order valence-electron chi connectivity index (χ3n) is 5.33. The fourth-order valence-electron chi connectivity index (χ4n) is 3.87. The molecule has 1 aliphatic carbocycles. The van der Waals surface area contributed by atoms with Gasteiger partial charge in [0.05, 0.1) is 22.9 Å². The van der Waals surface area contributed by atoms with Gasteiger partial charge in [0.1, 0.15) is 10.4 Å². The first-order valence-corrected chi connectivity index (χ1v) is 11.5. The van der Waals surface area contributed by atoms with Crippen molar-refractivity contribution >= 4 is 33.9 Å². The third-order valence-corrected chi connectivity index (χ3v) is 6.57. The van der Waals surface area contributed by atoms with E-state index in [1.807, 2.05) is 0 Å². The Morgan fingerprint density at radius 1 is 1.24 bits per heavy atom. The second kappa shape index (κ2) is 9.32. The minimum absolute atomic E-state index is 0.166. The predicted octanol–water partition coefficient (Wildman–Crippen LogP) is 4.46. The van der Waals surface area contributed by atoms with Gasteiger partial charge in [-0.3, -0.25) is 13.9 Å². The summed E-state index contributed by atoms with van der Waals surface area (Å²) >= 11 is 0.986. The van der Waals surface area contributed by atoms with Crippen molar-refractivity contribution in [3.63, 3.8) is 0 Å². The van der Waals surface area contributed by atoms with Crippen molar-refractivity contribution < 1.29 is 22.7 Å². The smallest absolute Gasteiger partial charge is 0.428 e. The number of fused-ring (bicyclic) bond motifs is 1. The number of ether oxygens (including phenoxy) is 1. The highest BCUT2D eigenvalue weighted by Crippen LogP contribution is 2.31. The number of carbonyl (C=O) groups is 1. The van der Waals surface area contributed by atoms with Gasteiger partial charge in [-0.25, -0.2) is 15.0 Å². The van der Waals surface area contributed by atoms with Gasteiger partial charge >= 0.3 is 18.0 Å². The van der Waals surface area contributed by atoms with Gasteiger partial charge in [0.15, 0.2) is 0 Å². The first-order valence-electron chi connectivity index (χ1n) is 10.7. The van der Waals surface area contributed by atoms with E-state index in [1.165, 1.54) is 6.21 Å². The van der Waals surface area contributed by atoms with Crippen LogP contribution in [-0.2, 0) is 11.3 Å². The molecule has 3 rings (SSSR count). The second-order valence-electron chi connectivity index (χ2n) is 9.06. The summed E-state index contributed by atoms with van der Waals surface area (Å²) in [6.07, 6.45) is -2.14. The Labute approximate surface area is 192 Å². The maximum Gasteiger partial charge on any atom is 0.428 e. The number of nitrogens with one attached hydrogen (secondary N) is 1. The zero-order chi connectivity index (χ0) is 24.6. The highest BCUT2D eigenvalue weighted by Gasteiger charge is 2.30. The summed E-state index contributed by atoms with van der Waals surface area (Å²) in [4.78, 5) is 38.8. The van der Waals surface area contributed by atoms with E-state index in [4.69, 9.17) is 4.74 Å².